The molecule has 0 heterocycles. The van der Waals surface area contributed by atoms with Crippen LogP contribution in [0.25, 0.3) is 0 Å². The number of halogens is 2. The summed E-state index contributed by atoms with van der Waals surface area (Å²) in [5.41, 5.74) is 1.60. The topological polar surface area (TPSA) is 46.2 Å². The van der Waals surface area contributed by atoms with Gasteiger partial charge in [-0.25, -0.2) is 8.42 Å². The number of benzene rings is 2. The first-order chi connectivity index (χ1) is 9.94. The van der Waals surface area contributed by atoms with Gasteiger partial charge in [0.05, 0.1) is 15.6 Å². The largest absolute Gasteiger partial charge is 0.279 e. The Hall–Kier alpha value is -1.04. The average Bonchev–Trinajstić information content (AvgIpc) is 2.44. The van der Waals surface area contributed by atoms with Gasteiger partial charge in [-0.2, -0.15) is 0 Å². The molecule has 0 radical (unpaired) electrons. The molecule has 0 aliphatic carbocycles. The van der Waals surface area contributed by atoms with Crippen LogP contribution in [0.3, 0.4) is 0 Å². The van der Waals surface area contributed by atoms with Gasteiger partial charge in [0.2, 0.25) is 0 Å². The number of hydrogen-bond donors (Lipinski definition) is 1. The van der Waals surface area contributed by atoms with Gasteiger partial charge in [0, 0.05) is 4.47 Å². The van der Waals surface area contributed by atoms with Gasteiger partial charge in [0.25, 0.3) is 10.0 Å². The van der Waals surface area contributed by atoms with Crippen LogP contribution in [0.1, 0.15) is 18.9 Å². The molecule has 0 amide bonds. The van der Waals surface area contributed by atoms with Crippen molar-refractivity contribution in [3.8, 4) is 0 Å². The molecule has 0 bridgehead atoms. The van der Waals surface area contributed by atoms with E-state index in [9.17, 15) is 8.42 Å². The summed E-state index contributed by atoms with van der Waals surface area (Å²) >= 11 is 9.13. The van der Waals surface area contributed by atoms with E-state index in [2.05, 4.69) is 27.6 Å². The summed E-state index contributed by atoms with van der Waals surface area (Å²) in [5, 5.41) is 0.473. The number of hydrogen-bond acceptors (Lipinski definition) is 2. The Balaban J connectivity index is 2.35. The maximum absolute atomic E-state index is 12.4. The lowest BCUT2D eigenvalue weighted by molar-refractivity contribution is 0.601. The zero-order chi connectivity index (χ0) is 15.5. The molecule has 2 rings (SSSR count). The first kappa shape index (κ1) is 16.3. The van der Waals surface area contributed by atoms with Crippen LogP contribution in [0.15, 0.2) is 51.8 Å². The third-order valence-electron chi connectivity index (χ3n) is 2.98. The smallest absolute Gasteiger partial charge is 0.261 e. The van der Waals surface area contributed by atoms with E-state index in [1.165, 1.54) is 12.1 Å². The van der Waals surface area contributed by atoms with Gasteiger partial charge in [-0.1, -0.05) is 43.1 Å². The highest BCUT2D eigenvalue weighted by molar-refractivity contribution is 9.10. The average molecular weight is 389 g/mol. The molecule has 0 fully saturated rings. The molecule has 0 aromatic heterocycles. The summed E-state index contributed by atoms with van der Waals surface area (Å²) < 4.78 is 28.1. The second-order valence-electron chi connectivity index (χ2n) is 4.59. The van der Waals surface area contributed by atoms with Crippen LogP contribution in [-0.4, -0.2) is 8.42 Å². The van der Waals surface area contributed by atoms with E-state index in [-0.39, 0.29) is 4.90 Å². The van der Waals surface area contributed by atoms with Gasteiger partial charge in [-0.3, -0.25) is 4.72 Å². The molecule has 0 aliphatic rings. The number of sulfonamides is 1. The molecule has 0 saturated heterocycles. The lowest BCUT2D eigenvalue weighted by Crippen LogP contribution is -2.14. The van der Waals surface area contributed by atoms with Crippen LogP contribution in [-0.2, 0) is 16.4 Å². The molecule has 3 nitrogen and oxygen atoms in total. The van der Waals surface area contributed by atoms with Crippen molar-refractivity contribution < 1.29 is 8.42 Å². The van der Waals surface area contributed by atoms with Gasteiger partial charge in [0.15, 0.2) is 0 Å². The minimum absolute atomic E-state index is 0.171. The van der Waals surface area contributed by atoms with Crippen molar-refractivity contribution in [1.82, 2.24) is 0 Å². The summed E-state index contributed by atoms with van der Waals surface area (Å²) in [6.45, 7) is 2.06. The Morgan fingerprint density at radius 1 is 1.19 bits per heavy atom. The van der Waals surface area contributed by atoms with Gasteiger partial charge in [-0.15, -0.1) is 0 Å². The number of nitrogens with one attached hydrogen (secondary N) is 1. The van der Waals surface area contributed by atoms with Crippen LogP contribution in [0.2, 0.25) is 5.02 Å². The molecule has 2 aromatic rings. The quantitative estimate of drug-likeness (QED) is 0.795. The van der Waals surface area contributed by atoms with Crippen molar-refractivity contribution in [2.24, 2.45) is 0 Å². The van der Waals surface area contributed by atoms with E-state index in [1.807, 2.05) is 18.2 Å². The predicted molar refractivity (Wildman–Crippen MR) is 90.4 cm³/mol. The van der Waals surface area contributed by atoms with Gasteiger partial charge >= 0.3 is 0 Å². The molecule has 1 N–H and O–H groups in total. The Morgan fingerprint density at radius 3 is 2.57 bits per heavy atom. The number of para-hydroxylation sites is 1. The van der Waals surface area contributed by atoms with E-state index in [0.717, 1.165) is 18.4 Å². The minimum Gasteiger partial charge on any atom is -0.279 e. The highest BCUT2D eigenvalue weighted by Crippen LogP contribution is 2.27. The summed E-state index contributed by atoms with van der Waals surface area (Å²) in [5.74, 6) is 0. The number of anilines is 1. The highest BCUT2D eigenvalue weighted by Gasteiger charge is 2.16. The number of rotatable bonds is 5. The van der Waals surface area contributed by atoms with Crippen molar-refractivity contribution in [3.63, 3.8) is 0 Å². The number of aryl methyl sites for hydroxylation is 1. The molecule has 6 heteroatoms. The van der Waals surface area contributed by atoms with Crippen molar-refractivity contribution in [2.75, 3.05) is 4.72 Å². The molecule has 0 spiro atoms. The van der Waals surface area contributed by atoms with Crippen LogP contribution >= 0.6 is 27.5 Å². The van der Waals surface area contributed by atoms with Crippen molar-refractivity contribution >= 4 is 43.2 Å². The Kier molecular flexibility index (Phi) is 5.30. The second kappa shape index (κ2) is 6.81. The predicted octanol–water partition coefficient (Wildman–Crippen LogP) is 4.86. The van der Waals surface area contributed by atoms with Crippen molar-refractivity contribution in [2.45, 2.75) is 24.7 Å². The zero-order valence-corrected chi connectivity index (χ0v) is 14.6. The molecular formula is C15H15BrClNO2S. The third-order valence-corrected chi connectivity index (χ3v) is 5.56. The van der Waals surface area contributed by atoms with Crippen molar-refractivity contribution in [3.05, 3.63) is 57.5 Å². The second-order valence-corrected chi connectivity index (χ2v) is 7.53. The van der Waals surface area contributed by atoms with E-state index in [1.54, 1.807) is 12.1 Å². The summed E-state index contributed by atoms with van der Waals surface area (Å²) in [6, 6.07) is 12.0. The summed E-state index contributed by atoms with van der Waals surface area (Å²) in [4.78, 5) is 0.171. The molecule has 2 aromatic carbocycles. The summed E-state index contributed by atoms with van der Waals surface area (Å²) in [7, 11) is -3.63. The monoisotopic (exact) mass is 387 g/mol. The molecule has 0 unspecified atom stereocenters. The first-order valence-electron chi connectivity index (χ1n) is 6.50. The fourth-order valence-electron chi connectivity index (χ4n) is 1.95. The molecule has 0 aliphatic heterocycles. The fourth-order valence-corrected chi connectivity index (χ4v) is 3.73. The van der Waals surface area contributed by atoms with E-state index < -0.39 is 10.0 Å². The SMILES string of the molecule is CCCc1ccccc1NS(=O)(=O)c1ccc(Cl)c(Br)c1. The molecule has 0 saturated carbocycles. The molecular weight excluding hydrogens is 374 g/mol. The van der Waals surface area contributed by atoms with Gasteiger partial charge in [-0.05, 0) is 52.2 Å². The third kappa shape index (κ3) is 3.99. The Labute approximate surface area is 138 Å². The highest BCUT2D eigenvalue weighted by atomic mass is 79.9. The maximum atomic E-state index is 12.4. The zero-order valence-electron chi connectivity index (χ0n) is 11.4. The van der Waals surface area contributed by atoms with E-state index in [0.29, 0.717) is 15.2 Å². The van der Waals surface area contributed by atoms with Crippen LogP contribution in [0.5, 0.6) is 0 Å². The lowest BCUT2D eigenvalue weighted by atomic mass is 10.1. The van der Waals surface area contributed by atoms with Crippen LogP contribution in [0.4, 0.5) is 5.69 Å². The summed E-state index contributed by atoms with van der Waals surface area (Å²) in [6.07, 6.45) is 1.77. The van der Waals surface area contributed by atoms with Crippen LogP contribution in [0, 0.1) is 0 Å². The molecule has 21 heavy (non-hydrogen) atoms. The fraction of sp³-hybridized carbons (Fsp3) is 0.200. The van der Waals surface area contributed by atoms with Gasteiger partial charge in [0.1, 0.15) is 0 Å². The molecule has 0 atom stereocenters. The first-order valence-corrected chi connectivity index (χ1v) is 9.15. The van der Waals surface area contributed by atoms with E-state index in [4.69, 9.17) is 11.6 Å². The Morgan fingerprint density at radius 2 is 1.90 bits per heavy atom. The minimum atomic E-state index is -3.63. The normalized spacial score (nSPS) is 11.4. The Bertz CT molecular complexity index is 747. The lowest BCUT2D eigenvalue weighted by Gasteiger charge is -2.12. The maximum Gasteiger partial charge on any atom is 0.261 e. The van der Waals surface area contributed by atoms with Gasteiger partial charge < -0.3 is 0 Å². The standard InChI is InChI=1S/C15H15BrClNO2S/c1-2-5-11-6-3-4-7-15(11)18-21(19,20)12-8-9-14(17)13(16)10-12/h3-4,6-10,18H,2,5H2,1H3. The van der Waals surface area contributed by atoms with Crippen LogP contribution < -0.4 is 4.72 Å². The molecule has 112 valence electrons. The van der Waals surface area contributed by atoms with Crippen molar-refractivity contribution in [1.29, 1.82) is 0 Å². The van der Waals surface area contributed by atoms with E-state index >= 15 is 0 Å².